The predicted octanol–water partition coefficient (Wildman–Crippen LogP) is 5.10. The van der Waals surface area contributed by atoms with Crippen LogP contribution in [0.15, 0.2) is 79.0 Å². The highest BCUT2D eigenvalue weighted by atomic mass is 16.5. The lowest BCUT2D eigenvalue weighted by Gasteiger charge is -2.38. The van der Waals surface area contributed by atoms with Gasteiger partial charge in [-0.25, -0.2) is 0 Å². The highest BCUT2D eigenvalue weighted by Gasteiger charge is 2.49. The molecule has 2 aliphatic rings. The monoisotopic (exact) mass is 524 g/mol. The van der Waals surface area contributed by atoms with E-state index in [4.69, 9.17) is 20.6 Å². The second-order valence-electron chi connectivity index (χ2n) is 9.87. The van der Waals surface area contributed by atoms with Gasteiger partial charge in [0.2, 0.25) is 5.91 Å². The van der Waals surface area contributed by atoms with Gasteiger partial charge in [0.15, 0.2) is 0 Å². The lowest BCUT2D eigenvalue weighted by molar-refractivity contribution is -0.127. The minimum Gasteiger partial charge on any atom is -0.496 e. The van der Waals surface area contributed by atoms with Gasteiger partial charge in [-0.1, -0.05) is 24.3 Å². The first-order valence-corrected chi connectivity index (χ1v) is 13.0. The molecule has 39 heavy (non-hydrogen) atoms. The van der Waals surface area contributed by atoms with Crippen LogP contribution in [0.4, 0.5) is 5.69 Å². The van der Waals surface area contributed by atoms with Crippen LogP contribution in [-0.2, 0) is 4.79 Å². The Bertz CT molecular complexity index is 1410. The number of likely N-dealkylation sites (tertiary alicyclic amines) is 1. The molecule has 3 aromatic carbocycles. The van der Waals surface area contributed by atoms with Gasteiger partial charge in [0.1, 0.15) is 17.2 Å². The molecule has 1 spiro atoms. The molecular formula is C31H32N4O4. The van der Waals surface area contributed by atoms with Gasteiger partial charge in [0, 0.05) is 60.5 Å². The number of ether oxygens (including phenoxy) is 2. The van der Waals surface area contributed by atoms with Gasteiger partial charge in [0.25, 0.3) is 5.91 Å². The van der Waals surface area contributed by atoms with E-state index < -0.39 is 5.41 Å². The van der Waals surface area contributed by atoms with Crippen molar-refractivity contribution in [1.29, 1.82) is 5.41 Å². The quantitative estimate of drug-likeness (QED) is 0.418. The molecule has 2 aliphatic heterocycles. The van der Waals surface area contributed by atoms with Crippen LogP contribution < -0.4 is 20.1 Å². The van der Waals surface area contributed by atoms with Crippen LogP contribution >= 0.6 is 0 Å². The van der Waals surface area contributed by atoms with E-state index in [0.717, 1.165) is 12.1 Å². The summed E-state index contributed by atoms with van der Waals surface area (Å²) < 4.78 is 11.4. The summed E-state index contributed by atoms with van der Waals surface area (Å²) in [6, 6.07) is 22.2. The van der Waals surface area contributed by atoms with Crippen LogP contribution in [0.3, 0.4) is 0 Å². The molecule has 0 aliphatic carbocycles. The van der Waals surface area contributed by atoms with Gasteiger partial charge in [-0.15, -0.1) is 0 Å². The molecule has 5 rings (SSSR count). The van der Waals surface area contributed by atoms with Gasteiger partial charge in [0.05, 0.1) is 12.5 Å². The summed E-state index contributed by atoms with van der Waals surface area (Å²) in [5, 5.41) is 7.58. The molecule has 2 fully saturated rings. The maximum absolute atomic E-state index is 13.7. The Kier molecular flexibility index (Phi) is 7.36. The molecule has 0 radical (unpaired) electrons. The molecule has 8 heteroatoms. The summed E-state index contributed by atoms with van der Waals surface area (Å²) in [5.74, 6) is 1.91. The van der Waals surface area contributed by atoms with Crippen molar-refractivity contribution in [3.63, 3.8) is 0 Å². The summed E-state index contributed by atoms with van der Waals surface area (Å²) in [6.07, 6.45) is 4.53. The molecule has 0 bridgehead atoms. The van der Waals surface area contributed by atoms with Crippen LogP contribution in [0.25, 0.3) is 5.57 Å². The normalized spacial score (nSPS) is 16.8. The second-order valence-corrected chi connectivity index (χ2v) is 9.87. The number of hydrogen-bond acceptors (Lipinski definition) is 6. The first-order valence-electron chi connectivity index (χ1n) is 13.0. The van der Waals surface area contributed by atoms with E-state index in [9.17, 15) is 9.59 Å². The molecule has 0 aromatic heterocycles. The summed E-state index contributed by atoms with van der Waals surface area (Å²) in [6.45, 7) is 1.65. The van der Waals surface area contributed by atoms with Crippen LogP contribution in [-0.4, -0.2) is 49.7 Å². The molecule has 8 nitrogen and oxygen atoms in total. The number of methoxy groups -OCH3 is 1. The number of nitrogens with two attached hydrogens (primary N) is 1. The summed E-state index contributed by atoms with van der Waals surface area (Å²) in [5.41, 5.74) is 7.75. The Balaban J connectivity index is 1.25. The molecule has 2 amide bonds. The standard InChI is InChI=1S/C31H32N4O4/c1-38-28-19-24(10-11-27(28)23(20-32)21-33)35-17-14-31(30(35)37)12-15-34(16-13-31)29(36)22-6-5-9-26(18-22)39-25-7-3-2-4-8-25/h2-11,18-21,32H,12-17,33H2,1H3/b23-21+,32-20?. The van der Waals surface area contributed by atoms with E-state index in [1.54, 1.807) is 19.2 Å². The average molecular weight is 525 g/mol. The minimum absolute atomic E-state index is 0.0547. The van der Waals surface area contributed by atoms with Crippen molar-refractivity contribution in [2.24, 2.45) is 11.1 Å². The Morgan fingerprint density at radius 2 is 1.67 bits per heavy atom. The number of benzene rings is 3. The van der Waals surface area contributed by atoms with E-state index in [2.05, 4.69) is 0 Å². The summed E-state index contributed by atoms with van der Waals surface area (Å²) >= 11 is 0. The fraction of sp³-hybridized carbons (Fsp3) is 0.258. The lowest BCUT2D eigenvalue weighted by Crippen LogP contribution is -2.46. The van der Waals surface area contributed by atoms with Crippen molar-refractivity contribution in [1.82, 2.24) is 4.90 Å². The van der Waals surface area contributed by atoms with Crippen molar-refractivity contribution in [2.75, 3.05) is 31.6 Å². The van der Waals surface area contributed by atoms with Crippen LogP contribution in [0.5, 0.6) is 17.2 Å². The number of allylic oxidation sites excluding steroid dienone is 1. The molecule has 3 N–H and O–H groups in total. The first kappa shape index (κ1) is 26.0. The molecule has 0 saturated carbocycles. The maximum atomic E-state index is 13.7. The molecule has 2 saturated heterocycles. The van der Waals surface area contributed by atoms with Gasteiger partial charge in [-0.05, 0) is 61.7 Å². The number of hydrogen-bond donors (Lipinski definition) is 2. The molecule has 2 heterocycles. The van der Waals surface area contributed by atoms with Crippen molar-refractivity contribution in [3.8, 4) is 17.2 Å². The number of carbonyl (C=O) groups excluding carboxylic acids is 2. The number of nitrogens with one attached hydrogen (secondary N) is 1. The van der Waals surface area contributed by atoms with E-state index in [1.165, 1.54) is 12.4 Å². The van der Waals surface area contributed by atoms with E-state index in [1.807, 2.05) is 70.5 Å². The van der Waals surface area contributed by atoms with Crippen molar-refractivity contribution < 1.29 is 19.1 Å². The Hall–Kier alpha value is -4.59. The summed E-state index contributed by atoms with van der Waals surface area (Å²) in [4.78, 5) is 30.6. The Labute approximate surface area is 228 Å². The zero-order chi connectivity index (χ0) is 27.4. The predicted molar refractivity (Wildman–Crippen MR) is 151 cm³/mol. The fourth-order valence-electron chi connectivity index (χ4n) is 5.47. The topological polar surface area (TPSA) is 109 Å². The van der Waals surface area contributed by atoms with E-state index in [-0.39, 0.29) is 11.8 Å². The number of amides is 2. The fourth-order valence-corrected chi connectivity index (χ4v) is 5.47. The largest absolute Gasteiger partial charge is 0.496 e. The second kappa shape index (κ2) is 11.0. The molecule has 3 aromatic rings. The van der Waals surface area contributed by atoms with Crippen LogP contribution in [0, 0.1) is 10.8 Å². The zero-order valence-corrected chi connectivity index (χ0v) is 21.9. The SMILES string of the molecule is COc1cc(N2CCC3(CCN(C(=O)c4cccc(Oc5ccccc5)c4)CC3)C2=O)ccc1/C(C=N)=C/N. The van der Waals surface area contributed by atoms with Gasteiger partial charge < -0.3 is 30.4 Å². The highest BCUT2D eigenvalue weighted by molar-refractivity contribution is 6.09. The van der Waals surface area contributed by atoms with Crippen LogP contribution in [0.1, 0.15) is 35.2 Å². The first-order chi connectivity index (χ1) is 19.0. The molecule has 0 atom stereocenters. The van der Waals surface area contributed by atoms with Crippen molar-refractivity contribution >= 4 is 29.3 Å². The third kappa shape index (κ3) is 5.10. The van der Waals surface area contributed by atoms with Gasteiger partial charge in [-0.2, -0.15) is 0 Å². The third-order valence-electron chi connectivity index (χ3n) is 7.72. The Morgan fingerprint density at radius 1 is 0.949 bits per heavy atom. The third-order valence-corrected chi connectivity index (χ3v) is 7.72. The van der Waals surface area contributed by atoms with Gasteiger partial charge in [-0.3, -0.25) is 9.59 Å². The van der Waals surface area contributed by atoms with E-state index in [0.29, 0.717) is 66.4 Å². The molecule has 0 unspecified atom stereocenters. The smallest absolute Gasteiger partial charge is 0.253 e. The summed E-state index contributed by atoms with van der Waals surface area (Å²) in [7, 11) is 1.56. The van der Waals surface area contributed by atoms with Crippen molar-refractivity contribution in [2.45, 2.75) is 19.3 Å². The number of rotatable bonds is 7. The number of para-hydroxylation sites is 1. The van der Waals surface area contributed by atoms with Crippen molar-refractivity contribution in [3.05, 3.63) is 90.1 Å². The number of carbonyl (C=O) groups is 2. The maximum Gasteiger partial charge on any atom is 0.253 e. The molecule has 200 valence electrons. The number of nitrogens with zero attached hydrogens (tertiary/aromatic N) is 2. The highest BCUT2D eigenvalue weighted by Crippen LogP contribution is 2.44. The Morgan fingerprint density at radius 3 is 2.36 bits per heavy atom. The van der Waals surface area contributed by atoms with E-state index >= 15 is 0 Å². The lowest BCUT2D eigenvalue weighted by atomic mass is 9.77. The van der Waals surface area contributed by atoms with Crippen LogP contribution in [0.2, 0.25) is 0 Å². The zero-order valence-electron chi connectivity index (χ0n) is 21.9. The van der Waals surface area contributed by atoms with Gasteiger partial charge >= 0.3 is 0 Å². The minimum atomic E-state index is -0.474. The molecular weight excluding hydrogens is 492 g/mol. The number of anilines is 1. The number of piperidine rings is 1. The average Bonchev–Trinajstić information content (AvgIpc) is 3.29.